The van der Waals surface area contributed by atoms with Gasteiger partial charge in [0, 0.05) is 31.5 Å². The number of aromatic nitrogens is 1. The fourth-order valence-corrected chi connectivity index (χ4v) is 2.12. The average Bonchev–Trinajstić information content (AvgIpc) is 2.47. The molecule has 104 valence electrons. The van der Waals surface area contributed by atoms with Crippen LogP contribution in [0.15, 0.2) is 42.7 Å². The fourth-order valence-electron chi connectivity index (χ4n) is 1.92. The predicted octanol–water partition coefficient (Wildman–Crippen LogP) is 3.02. The molecule has 0 N–H and O–H groups in total. The van der Waals surface area contributed by atoms with Crippen LogP contribution in [0.2, 0.25) is 5.02 Å². The Balaban J connectivity index is 2.18. The number of para-hydroxylation sites is 1. The number of nitrogens with zero attached hydrogens (tertiary/aromatic N) is 2. The van der Waals surface area contributed by atoms with E-state index >= 15 is 0 Å². The molecule has 2 aromatic rings. The minimum absolute atomic E-state index is 0.150. The summed E-state index contributed by atoms with van der Waals surface area (Å²) in [7, 11) is 3.34. The molecule has 1 heterocycles. The highest BCUT2D eigenvalue weighted by Crippen LogP contribution is 2.21. The molecule has 0 aliphatic carbocycles. The second-order valence-corrected chi connectivity index (χ2v) is 4.74. The summed E-state index contributed by atoms with van der Waals surface area (Å²) in [4.78, 5) is 17.8. The van der Waals surface area contributed by atoms with Gasteiger partial charge in [-0.2, -0.15) is 0 Å². The van der Waals surface area contributed by atoms with Crippen LogP contribution >= 0.6 is 11.6 Å². The number of benzene rings is 1. The lowest BCUT2D eigenvalue weighted by atomic mass is 10.1. The maximum Gasteiger partial charge on any atom is 0.255 e. The Bertz CT molecular complexity index is 616. The smallest absolute Gasteiger partial charge is 0.255 e. The normalized spacial score (nSPS) is 10.2. The second kappa shape index (κ2) is 6.39. The number of halogens is 1. The van der Waals surface area contributed by atoms with Crippen LogP contribution < -0.4 is 4.74 Å². The van der Waals surface area contributed by atoms with E-state index in [9.17, 15) is 4.79 Å². The van der Waals surface area contributed by atoms with Crippen molar-refractivity contribution in [3.63, 3.8) is 0 Å². The maximum absolute atomic E-state index is 12.3. The van der Waals surface area contributed by atoms with Gasteiger partial charge in [0.15, 0.2) is 0 Å². The van der Waals surface area contributed by atoms with Gasteiger partial charge in [0.1, 0.15) is 5.75 Å². The maximum atomic E-state index is 12.3. The number of hydrogen-bond acceptors (Lipinski definition) is 3. The van der Waals surface area contributed by atoms with Gasteiger partial charge in [-0.1, -0.05) is 29.8 Å². The van der Waals surface area contributed by atoms with Crippen LogP contribution in [0.5, 0.6) is 5.75 Å². The topological polar surface area (TPSA) is 42.4 Å². The molecule has 0 spiro atoms. The molecule has 1 amide bonds. The number of carbonyl (C=O) groups excluding carboxylic acids is 1. The molecule has 0 aliphatic rings. The molecular formula is C15H15ClN2O2. The quantitative estimate of drug-likeness (QED) is 0.869. The molecule has 20 heavy (non-hydrogen) atoms. The highest BCUT2D eigenvalue weighted by molar-refractivity contribution is 6.33. The molecule has 0 aliphatic heterocycles. The summed E-state index contributed by atoms with van der Waals surface area (Å²) >= 11 is 5.99. The summed E-state index contributed by atoms with van der Waals surface area (Å²) in [5, 5.41) is 0.351. The van der Waals surface area contributed by atoms with Gasteiger partial charge in [-0.15, -0.1) is 0 Å². The minimum Gasteiger partial charge on any atom is -0.496 e. The van der Waals surface area contributed by atoms with Crippen molar-refractivity contribution < 1.29 is 9.53 Å². The molecule has 5 heteroatoms. The molecule has 1 aromatic carbocycles. The third-order valence-electron chi connectivity index (χ3n) is 2.95. The Morgan fingerprint density at radius 2 is 2.10 bits per heavy atom. The summed E-state index contributed by atoms with van der Waals surface area (Å²) in [6, 6.07) is 9.21. The average molecular weight is 291 g/mol. The van der Waals surface area contributed by atoms with E-state index in [1.807, 2.05) is 24.3 Å². The molecule has 0 radical (unpaired) electrons. The van der Waals surface area contributed by atoms with E-state index in [1.165, 1.54) is 6.20 Å². The number of pyridine rings is 1. The Hall–Kier alpha value is -2.07. The molecule has 2 rings (SSSR count). The summed E-state index contributed by atoms with van der Waals surface area (Å²) in [6.07, 6.45) is 3.02. The predicted molar refractivity (Wildman–Crippen MR) is 78.0 cm³/mol. The number of hydrogen-bond donors (Lipinski definition) is 0. The van der Waals surface area contributed by atoms with Crippen molar-refractivity contribution in [3.05, 3.63) is 58.9 Å². The Kier molecular flexibility index (Phi) is 4.58. The lowest BCUT2D eigenvalue weighted by Crippen LogP contribution is -2.26. The van der Waals surface area contributed by atoms with Crippen molar-refractivity contribution in [1.82, 2.24) is 9.88 Å². The van der Waals surface area contributed by atoms with Crippen LogP contribution in [0, 0.1) is 0 Å². The molecule has 0 fully saturated rings. The number of rotatable bonds is 4. The molecule has 0 atom stereocenters. The van der Waals surface area contributed by atoms with E-state index in [4.69, 9.17) is 16.3 Å². The lowest BCUT2D eigenvalue weighted by Gasteiger charge is -2.19. The van der Waals surface area contributed by atoms with Crippen molar-refractivity contribution in [3.8, 4) is 5.75 Å². The first kappa shape index (κ1) is 14.3. The summed E-state index contributed by atoms with van der Waals surface area (Å²) < 4.78 is 5.28. The van der Waals surface area contributed by atoms with Gasteiger partial charge >= 0.3 is 0 Å². The second-order valence-electron chi connectivity index (χ2n) is 4.33. The van der Waals surface area contributed by atoms with Crippen molar-refractivity contribution >= 4 is 17.5 Å². The monoisotopic (exact) mass is 290 g/mol. The number of carbonyl (C=O) groups is 1. The standard InChI is InChI=1S/C15H15ClN2O2/c1-18(10-11-5-3-4-6-14(11)20-2)15(19)12-7-8-17-9-13(12)16/h3-9H,10H2,1-2H3. The molecule has 4 nitrogen and oxygen atoms in total. The van der Waals surface area contributed by atoms with Crippen LogP contribution in [0.4, 0.5) is 0 Å². The third kappa shape index (κ3) is 3.08. The first-order chi connectivity index (χ1) is 9.63. The van der Waals surface area contributed by atoms with Crippen LogP contribution in [-0.4, -0.2) is 29.9 Å². The van der Waals surface area contributed by atoms with Crippen LogP contribution in [0.25, 0.3) is 0 Å². The number of methoxy groups -OCH3 is 1. The third-order valence-corrected chi connectivity index (χ3v) is 3.25. The molecule has 0 bridgehead atoms. The van der Waals surface area contributed by atoms with Gasteiger partial charge < -0.3 is 9.64 Å². The molecule has 1 aromatic heterocycles. The summed E-state index contributed by atoms with van der Waals surface area (Å²) in [6.45, 7) is 0.446. The fraction of sp³-hybridized carbons (Fsp3) is 0.200. The van der Waals surface area contributed by atoms with Gasteiger partial charge in [0.2, 0.25) is 0 Å². The molecule has 0 unspecified atom stereocenters. The first-order valence-electron chi connectivity index (χ1n) is 6.10. The Morgan fingerprint density at radius 1 is 1.35 bits per heavy atom. The van der Waals surface area contributed by atoms with Crippen molar-refractivity contribution in [2.24, 2.45) is 0 Å². The zero-order valence-electron chi connectivity index (χ0n) is 11.3. The largest absolute Gasteiger partial charge is 0.496 e. The van der Waals surface area contributed by atoms with Gasteiger partial charge in [0.05, 0.1) is 17.7 Å². The van der Waals surface area contributed by atoms with Crippen LogP contribution in [0.3, 0.4) is 0 Å². The summed E-state index contributed by atoms with van der Waals surface area (Å²) in [5.74, 6) is 0.608. The van der Waals surface area contributed by atoms with Crippen molar-refractivity contribution in [1.29, 1.82) is 0 Å². The van der Waals surface area contributed by atoms with Gasteiger partial charge in [-0.05, 0) is 12.1 Å². The highest BCUT2D eigenvalue weighted by Gasteiger charge is 2.16. The lowest BCUT2D eigenvalue weighted by molar-refractivity contribution is 0.0784. The molecule has 0 saturated carbocycles. The van der Waals surface area contributed by atoms with Gasteiger partial charge in [0.25, 0.3) is 5.91 Å². The van der Waals surface area contributed by atoms with E-state index in [2.05, 4.69) is 4.98 Å². The van der Waals surface area contributed by atoms with Gasteiger partial charge in [-0.25, -0.2) is 0 Å². The van der Waals surface area contributed by atoms with E-state index in [0.29, 0.717) is 17.1 Å². The van der Waals surface area contributed by atoms with E-state index in [-0.39, 0.29) is 5.91 Å². The SMILES string of the molecule is COc1ccccc1CN(C)C(=O)c1ccncc1Cl. The molecular weight excluding hydrogens is 276 g/mol. The van der Waals surface area contributed by atoms with Crippen LogP contribution in [-0.2, 0) is 6.54 Å². The zero-order chi connectivity index (χ0) is 14.5. The number of amides is 1. The van der Waals surface area contributed by atoms with E-state index < -0.39 is 0 Å². The Labute approximate surface area is 123 Å². The van der Waals surface area contributed by atoms with Crippen LogP contribution in [0.1, 0.15) is 15.9 Å². The Morgan fingerprint density at radius 3 is 2.80 bits per heavy atom. The highest BCUT2D eigenvalue weighted by atomic mass is 35.5. The van der Waals surface area contributed by atoms with E-state index in [0.717, 1.165) is 11.3 Å². The minimum atomic E-state index is -0.150. The van der Waals surface area contributed by atoms with Crippen molar-refractivity contribution in [2.75, 3.05) is 14.2 Å². The van der Waals surface area contributed by atoms with Crippen molar-refractivity contribution in [2.45, 2.75) is 6.54 Å². The molecule has 0 saturated heterocycles. The van der Waals surface area contributed by atoms with E-state index in [1.54, 1.807) is 31.3 Å². The summed E-state index contributed by atoms with van der Waals surface area (Å²) in [5.41, 5.74) is 1.38. The first-order valence-corrected chi connectivity index (χ1v) is 6.48. The van der Waals surface area contributed by atoms with Gasteiger partial charge in [-0.3, -0.25) is 9.78 Å². The zero-order valence-corrected chi connectivity index (χ0v) is 12.1. The number of ether oxygens (including phenoxy) is 1.